The zero-order valence-corrected chi connectivity index (χ0v) is 10.2. The molecule has 0 aliphatic carbocycles. The summed E-state index contributed by atoms with van der Waals surface area (Å²) in [4.78, 5) is 11.8. The maximum atomic E-state index is 10.9. The smallest absolute Gasteiger partial charge is 0.326 e. The van der Waals surface area contributed by atoms with Crippen LogP contribution in [0.25, 0.3) is 0 Å². The van der Waals surface area contributed by atoms with Crippen LogP contribution in [-0.4, -0.2) is 17.6 Å². The first kappa shape index (κ1) is 11.7. The summed E-state index contributed by atoms with van der Waals surface area (Å²) in [7, 11) is 0. The second-order valence-electron chi connectivity index (χ2n) is 2.87. The second kappa shape index (κ2) is 5.48. The minimum Gasteiger partial charge on any atom is -0.480 e. The van der Waals surface area contributed by atoms with Crippen molar-refractivity contribution in [1.29, 1.82) is 0 Å². The van der Waals surface area contributed by atoms with Crippen LogP contribution in [0.3, 0.4) is 0 Å². The first-order valence-corrected chi connectivity index (χ1v) is 5.97. The Hall–Kier alpha value is -0.390. The van der Waals surface area contributed by atoms with Crippen molar-refractivity contribution in [3.63, 3.8) is 0 Å². The molecule has 3 nitrogen and oxygen atoms in total. The highest BCUT2D eigenvalue weighted by molar-refractivity contribution is 9.11. The molecule has 0 fully saturated rings. The lowest BCUT2D eigenvalue weighted by Gasteiger charge is -2.11. The van der Waals surface area contributed by atoms with Gasteiger partial charge < -0.3 is 10.4 Å². The number of carboxylic acids is 1. The largest absolute Gasteiger partial charge is 0.480 e. The molecule has 1 atom stereocenters. The van der Waals surface area contributed by atoms with Gasteiger partial charge in [0.15, 0.2) is 0 Å². The van der Waals surface area contributed by atoms with Crippen molar-refractivity contribution in [1.82, 2.24) is 5.32 Å². The van der Waals surface area contributed by atoms with Crippen molar-refractivity contribution in [3.05, 3.63) is 20.8 Å². The number of nitrogens with one attached hydrogen (secondary N) is 1. The molecule has 14 heavy (non-hydrogen) atoms. The zero-order chi connectivity index (χ0) is 10.6. The van der Waals surface area contributed by atoms with Gasteiger partial charge in [0.2, 0.25) is 0 Å². The van der Waals surface area contributed by atoms with Gasteiger partial charge >= 0.3 is 5.97 Å². The van der Waals surface area contributed by atoms with Gasteiger partial charge in [-0.25, -0.2) is 0 Å². The molecule has 0 saturated carbocycles. The molecule has 0 amide bonds. The van der Waals surface area contributed by atoms with Gasteiger partial charge in [0.1, 0.15) is 6.04 Å². The number of rotatable bonds is 5. The zero-order valence-electron chi connectivity index (χ0n) is 7.79. The molecule has 1 unspecified atom stereocenters. The quantitative estimate of drug-likeness (QED) is 0.870. The third-order valence-corrected chi connectivity index (χ3v) is 3.41. The van der Waals surface area contributed by atoms with Gasteiger partial charge in [-0.3, -0.25) is 4.79 Å². The molecular weight excluding hydrogens is 266 g/mol. The Kier molecular flexibility index (Phi) is 4.57. The van der Waals surface area contributed by atoms with Crippen molar-refractivity contribution in [2.75, 3.05) is 6.54 Å². The third kappa shape index (κ3) is 3.08. The second-order valence-corrected chi connectivity index (χ2v) is 5.36. The SMILES string of the molecule is CCCNC(C(=O)O)c1ccc(Br)s1. The Morgan fingerprint density at radius 1 is 1.71 bits per heavy atom. The van der Waals surface area contributed by atoms with Crippen LogP contribution in [0.1, 0.15) is 24.3 Å². The lowest BCUT2D eigenvalue weighted by molar-refractivity contribution is -0.139. The van der Waals surface area contributed by atoms with E-state index in [1.165, 1.54) is 11.3 Å². The molecule has 0 bridgehead atoms. The van der Waals surface area contributed by atoms with Crippen molar-refractivity contribution in [3.8, 4) is 0 Å². The fraction of sp³-hybridized carbons (Fsp3) is 0.444. The third-order valence-electron chi connectivity index (χ3n) is 1.72. The first-order chi connectivity index (χ1) is 6.65. The molecule has 1 aromatic rings. The normalized spacial score (nSPS) is 12.7. The van der Waals surface area contributed by atoms with Gasteiger partial charge in [-0.05, 0) is 41.0 Å². The Bertz CT molecular complexity index is 314. The lowest BCUT2D eigenvalue weighted by Crippen LogP contribution is -2.28. The first-order valence-electron chi connectivity index (χ1n) is 4.36. The van der Waals surface area contributed by atoms with E-state index in [9.17, 15) is 4.79 Å². The standard InChI is InChI=1S/C9H12BrNO2S/c1-2-5-11-8(9(12)13)6-3-4-7(10)14-6/h3-4,8,11H,2,5H2,1H3,(H,12,13). The highest BCUT2D eigenvalue weighted by Crippen LogP contribution is 2.27. The van der Waals surface area contributed by atoms with Crippen LogP contribution in [0.15, 0.2) is 15.9 Å². The molecule has 78 valence electrons. The Balaban J connectivity index is 2.72. The molecule has 1 rings (SSSR count). The maximum Gasteiger partial charge on any atom is 0.326 e. The summed E-state index contributed by atoms with van der Waals surface area (Å²) >= 11 is 4.76. The van der Waals surface area contributed by atoms with Crippen LogP contribution >= 0.6 is 27.3 Å². The Labute approximate surface area is 95.3 Å². The highest BCUT2D eigenvalue weighted by Gasteiger charge is 2.20. The lowest BCUT2D eigenvalue weighted by atomic mass is 10.2. The van der Waals surface area contributed by atoms with Gasteiger partial charge in [0.05, 0.1) is 3.79 Å². The molecule has 0 aliphatic rings. The topological polar surface area (TPSA) is 49.3 Å². The summed E-state index contributed by atoms with van der Waals surface area (Å²) in [5, 5.41) is 12.0. The van der Waals surface area contributed by atoms with Crippen LogP contribution in [0.2, 0.25) is 0 Å². The van der Waals surface area contributed by atoms with E-state index in [-0.39, 0.29) is 0 Å². The van der Waals surface area contributed by atoms with E-state index in [0.29, 0.717) is 6.54 Å². The van der Waals surface area contributed by atoms with Crippen LogP contribution in [0.5, 0.6) is 0 Å². The summed E-state index contributed by atoms with van der Waals surface area (Å²) in [6.07, 6.45) is 0.927. The molecule has 2 N–H and O–H groups in total. The van der Waals surface area contributed by atoms with Crippen LogP contribution in [0, 0.1) is 0 Å². The van der Waals surface area contributed by atoms with Crippen molar-refractivity contribution >= 4 is 33.2 Å². The summed E-state index contributed by atoms with van der Waals surface area (Å²) < 4.78 is 0.956. The monoisotopic (exact) mass is 277 g/mol. The fourth-order valence-electron chi connectivity index (χ4n) is 1.08. The van der Waals surface area contributed by atoms with Gasteiger partial charge in [-0.1, -0.05) is 6.92 Å². The number of aliphatic carboxylic acids is 1. The minimum atomic E-state index is -0.826. The van der Waals surface area contributed by atoms with Gasteiger partial charge in [-0.2, -0.15) is 0 Å². The van der Waals surface area contributed by atoms with Gasteiger partial charge in [0, 0.05) is 4.88 Å². The van der Waals surface area contributed by atoms with Crippen molar-refractivity contribution in [2.45, 2.75) is 19.4 Å². The predicted octanol–water partition coefficient (Wildman–Crippen LogP) is 2.64. The number of hydrogen-bond acceptors (Lipinski definition) is 3. The summed E-state index contributed by atoms with van der Waals surface area (Å²) in [6.45, 7) is 2.72. The summed E-state index contributed by atoms with van der Waals surface area (Å²) in [6, 6.07) is 3.12. The molecule has 1 aromatic heterocycles. The number of hydrogen-bond donors (Lipinski definition) is 2. The van der Waals surface area contributed by atoms with Crippen LogP contribution in [-0.2, 0) is 4.79 Å². The molecule has 0 aromatic carbocycles. The fourth-order valence-corrected chi connectivity index (χ4v) is 2.57. The van der Waals surface area contributed by atoms with E-state index in [2.05, 4.69) is 21.2 Å². The van der Waals surface area contributed by atoms with E-state index in [0.717, 1.165) is 15.1 Å². The molecular formula is C9H12BrNO2S. The number of halogens is 1. The molecule has 0 radical (unpaired) electrons. The number of carbonyl (C=O) groups is 1. The number of carboxylic acid groups (broad SMARTS) is 1. The molecule has 0 aliphatic heterocycles. The minimum absolute atomic E-state index is 0.578. The Morgan fingerprint density at radius 2 is 2.43 bits per heavy atom. The highest BCUT2D eigenvalue weighted by atomic mass is 79.9. The molecule has 1 heterocycles. The van der Waals surface area contributed by atoms with E-state index >= 15 is 0 Å². The molecule has 0 spiro atoms. The maximum absolute atomic E-state index is 10.9. The van der Waals surface area contributed by atoms with E-state index in [1.807, 2.05) is 19.1 Å². The summed E-state index contributed by atoms with van der Waals surface area (Å²) in [5.74, 6) is -0.826. The van der Waals surface area contributed by atoms with Crippen molar-refractivity contribution in [2.24, 2.45) is 0 Å². The predicted molar refractivity (Wildman–Crippen MR) is 60.7 cm³/mol. The Morgan fingerprint density at radius 3 is 2.86 bits per heavy atom. The van der Waals surface area contributed by atoms with Crippen LogP contribution < -0.4 is 5.32 Å². The van der Waals surface area contributed by atoms with Crippen molar-refractivity contribution < 1.29 is 9.90 Å². The molecule has 5 heteroatoms. The summed E-state index contributed by atoms with van der Waals surface area (Å²) in [5.41, 5.74) is 0. The van der Waals surface area contributed by atoms with E-state index in [1.54, 1.807) is 0 Å². The van der Waals surface area contributed by atoms with E-state index in [4.69, 9.17) is 5.11 Å². The van der Waals surface area contributed by atoms with Crippen LogP contribution in [0.4, 0.5) is 0 Å². The van der Waals surface area contributed by atoms with E-state index < -0.39 is 12.0 Å². The average Bonchev–Trinajstić information content (AvgIpc) is 2.52. The van der Waals surface area contributed by atoms with Gasteiger partial charge in [0.25, 0.3) is 0 Å². The number of thiophene rings is 1. The molecule has 0 saturated heterocycles. The average molecular weight is 278 g/mol. The van der Waals surface area contributed by atoms with Gasteiger partial charge in [-0.15, -0.1) is 11.3 Å².